The highest BCUT2D eigenvalue weighted by molar-refractivity contribution is 8.20. The molecule has 1 N–H and O–H groups in total. The van der Waals surface area contributed by atoms with Crippen molar-refractivity contribution in [2.45, 2.75) is 57.2 Å². The molecule has 4 aromatic rings. The van der Waals surface area contributed by atoms with Crippen LogP contribution in [0.4, 0.5) is 0 Å². The molecule has 0 unspecified atom stereocenters. The largest absolute Gasteiger partial charge is 0.458 e. The Labute approximate surface area is 236 Å². The van der Waals surface area contributed by atoms with Crippen LogP contribution in [0.3, 0.4) is 0 Å². The molecule has 0 spiro atoms. The summed E-state index contributed by atoms with van der Waals surface area (Å²) in [5.74, 6) is 0.0827. The van der Waals surface area contributed by atoms with Gasteiger partial charge in [0.25, 0.3) is 0 Å². The van der Waals surface area contributed by atoms with Gasteiger partial charge in [0.05, 0.1) is 23.4 Å². The van der Waals surface area contributed by atoms with E-state index in [0.29, 0.717) is 6.32 Å². The Bertz CT molecular complexity index is 1310. The second-order valence-electron chi connectivity index (χ2n) is 10.8. The third-order valence-electron chi connectivity index (χ3n) is 7.79. The summed E-state index contributed by atoms with van der Waals surface area (Å²) in [6.07, 6.45) is -1.67. The summed E-state index contributed by atoms with van der Waals surface area (Å²) >= 11 is 8.42. The first kappa shape index (κ1) is 27.5. The van der Waals surface area contributed by atoms with Crippen molar-refractivity contribution in [3.05, 3.63) is 119 Å². The van der Waals surface area contributed by atoms with Gasteiger partial charge in [-0.05, 0) is 51.0 Å². The average molecular weight is 560 g/mol. The molecule has 7 heteroatoms. The molecule has 1 fully saturated rings. The molecule has 1 saturated heterocycles. The molecule has 2 heterocycles. The van der Waals surface area contributed by atoms with E-state index in [-0.39, 0.29) is 30.3 Å². The lowest BCUT2D eigenvalue weighted by molar-refractivity contribution is 0.00578. The molecule has 5 rings (SSSR count). The van der Waals surface area contributed by atoms with E-state index in [2.05, 4.69) is 141 Å². The van der Waals surface area contributed by atoms with Crippen LogP contribution in [0.5, 0.6) is 0 Å². The Morgan fingerprint density at radius 3 is 1.74 bits per heavy atom. The van der Waals surface area contributed by atoms with Crippen molar-refractivity contribution in [3.8, 4) is 0 Å². The van der Waals surface area contributed by atoms with Gasteiger partial charge in [0, 0.05) is 21.4 Å². The van der Waals surface area contributed by atoms with Gasteiger partial charge < -0.3 is 9.31 Å². The molecule has 0 aliphatic carbocycles. The second-order valence-corrected chi connectivity index (χ2v) is 16.0. The Balaban J connectivity index is 1.60. The lowest BCUT2D eigenvalue weighted by atomic mass is 9.71. The minimum Gasteiger partial charge on any atom is -0.403 e. The minimum atomic E-state index is -2.38. The van der Waals surface area contributed by atoms with Crippen LogP contribution in [0.1, 0.15) is 50.1 Å². The van der Waals surface area contributed by atoms with E-state index in [1.54, 1.807) is 11.3 Å². The van der Waals surface area contributed by atoms with Crippen LogP contribution < -0.4 is 15.7 Å². The molecule has 1 aliphatic heterocycles. The normalized spacial score (nSPS) is 18.3. The Hall–Kier alpha value is -2.05. The summed E-state index contributed by atoms with van der Waals surface area (Å²) in [6.45, 7) is 8.46. The van der Waals surface area contributed by atoms with Gasteiger partial charge in [0.15, 0.2) is 0 Å². The van der Waals surface area contributed by atoms with Crippen molar-refractivity contribution in [2.24, 2.45) is 0 Å². The minimum absolute atomic E-state index is 0.0253. The van der Waals surface area contributed by atoms with Crippen molar-refractivity contribution in [1.82, 2.24) is 5.09 Å². The van der Waals surface area contributed by atoms with Gasteiger partial charge in [-0.25, -0.2) is 0 Å². The monoisotopic (exact) mass is 559 g/mol. The molecule has 38 heavy (non-hydrogen) atoms. The first-order valence-corrected chi connectivity index (χ1v) is 16.8. The highest BCUT2D eigenvalue weighted by Crippen LogP contribution is 2.49. The molecule has 196 valence electrons. The molecule has 2 atom stereocenters. The van der Waals surface area contributed by atoms with E-state index in [9.17, 15) is 0 Å². The molecule has 1 aliphatic rings. The number of hydrogen-bond acceptors (Lipinski definition) is 4. The highest BCUT2D eigenvalue weighted by atomic mass is 32.4. The Kier molecular flexibility index (Phi) is 8.12. The zero-order valence-corrected chi connectivity index (χ0v) is 24.9. The smallest absolute Gasteiger partial charge is 0.403 e. The molecule has 0 saturated carbocycles. The molecular formula is C31H35BNO2PS2. The SMILES string of the molecule is CC1(C)OB(C[C@@H](c2ccccc2)[C@@H](NP(=S)(c2ccccc2)c2ccccc2)c2cccs2)OC1(C)C. The number of thiophene rings is 1. The fourth-order valence-electron chi connectivity index (χ4n) is 5.02. The second kappa shape index (κ2) is 11.2. The quantitative estimate of drug-likeness (QED) is 0.172. The van der Waals surface area contributed by atoms with Crippen LogP contribution in [-0.4, -0.2) is 18.3 Å². The van der Waals surface area contributed by atoms with E-state index < -0.39 is 6.19 Å². The molecule has 3 aromatic carbocycles. The lowest BCUT2D eigenvalue weighted by Gasteiger charge is -2.35. The number of benzene rings is 3. The van der Waals surface area contributed by atoms with Gasteiger partial charge in [-0.2, -0.15) is 0 Å². The number of hydrogen-bond donors (Lipinski definition) is 1. The summed E-state index contributed by atoms with van der Waals surface area (Å²) < 4.78 is 13.0. The molecule has 3 nitrogen and oxygen atoms in total. The van der Waals surface area contributed by atoms with E-state index in [4.69, 9.17) is 21.1 Å². The van der Waals surface area contributed by atoms with Crippen LogP contribution in [0, 0.1) is 0 Å². The van der Waals surface area contributed by atoms with Crippen molar-refractivity contribution >= 4 is 47.1 Å². The van der Waals surface area contributed by atoms with Crippen LogP contribution >= 0.6 is 17.5 Å². The van der Waals surface area contributed by atoms with Gasteiger partial charge in [-0.15, -0.1) is 11.3 Å². The average Bonchev–Trinajstić information content (AvgIpc) is 3.53. The first-order chi connectivity index (χ1) is 18.2. The van der Waals surface area contributed by atoms with Gasteiger partial charge in [0.2, 0.25) is 0 Å². The van der Waals surface area contributed by atoms with Gasteiger partial charge in [-0.1, -0.05) is 109 Å². The first-order valence-electron chi connectivity index (χ1n) is 13.1. The molecule has 0 radical (unpaired) electrons. The predicted molar refractivity (Wildman–Crippen MR) is 167 cm³/mol. The summed E-state index contributed by atoms with van der Waals surface area (Å²) in [5.41, 5.74) is 0.483. The maximum Gasteiger partial charge on any atom is 0.458 e. The summed E-state index contributed by atoms with van der Waals surface area (Å²) in [5, 5.41) is 8.57. The zero-order chi connectivity index (χ0) is 26.8. The van der Waals surface area contributed by atoms with Crippen molar-refractivity contribution in [3.63, 3.8) is 0 Å². The van der Waals surface area contributed by atoms with E-state index in [0.717, 1.165) is 10.6 Å². The maximum absolute atomic E-state index is 6.65. The van der Waals surface area contributed by atoms with Gasteiger partial charge in [-0.3, -0.25) is 5.09 Å². The summed E-state index contributed by atoms with van der Waals surface area (Å²) in [4.78, 5) is 1.26. The van der Waals surface area contributed by atoms with Crippen molar-refractivity contribution < 1.29 is 9.31 Å². The lowest BCUT2D eigenvalue weighted by Crippen LogP contribution is -2.41. The molecule has 0 amide bonds. The third kappa shape index (κ3) is 5.63. The predicted octanol–water partition coefficient (Wildman–Crippen LogP) is 7.30. The fraction of sp³-hybridized carbons (Fsp3) is 0.290. The van der Waals surface area contributed by atoms with E-state index >= 15 is 0 Å². The zero-order valence-electron chi connectivity index (χ0n) is 22.4. The molecule has 0 bridgehead atoms. The van der Waals surface area contributed by atoms with Crippen LogP contribution in [0.25, 0.3) is 0 Å². The Morgan fingerprint density at radius 2 is 1.26 bits per heavy atom. The van der Waals surface area contributed by atoms with Crippen LogP contribution in [0.15, 0.2) is 109 Å². The standard InChI is InChI=1S/C31H35BNO2PS2/c1-30(2)31(3,4)35-32(34-30)23-27(24-15-8-5-9-16-24)29(28-21-14-22-38-28)33-36(37,25-17-10-6-11-18-25)26-19-12-7-13-20-26/h5-22,27,29H,23H2,1-4H3,(H,33,37)/t27-,29+/m0/s1. The molecular weight excluding hydrogens is 524 g/mol. The van der Waals surface area contributed by atoms with E-state index in [1.165, 1.54) is 10.4 Å². The molecule has 1 aromatic heterocycles. The number of rotatable bonds is 9. The van der Waals surface area contributed by atoms with Crippen molar-refractivity contribution in [2.75, 3.05) is 0 Å². The van der Waals surface area contributed by atoms with Gasteiger partial charge >= 0.3 is 7.12 Å². The van der Waals surface area contributed by atoms with Gasteiger partial charge in [0.1, 0.15) is 0 Å². The summed E-state index contributed by atoms with van der Waals surface area (Å²) in [6, 6.07) is 36.1. The van der Waals surface area contributed by atoms with Crippen LogP contribution in [0.2, 0.25) is 6.32 Å². The van der Waals surface area contributed by atoms with Crippen molar-refractivity contribution in [1.29, 1.82) is 0 Å². The Morgan fingerprint density at radius 1 is 0.763 bits per heavy atom. The number of nitrogens with one attached hydrogen (secondary N) is 1. The topological polar surface area (TPSA) is 30.5 Å². The summed E-state index contributed by atoms with van der Waals surface area (Å²) in [7, 11) is -0.319. The highest BCUT2D eigenvalue weighted by Gasteiger charge is 2.52. The van der Waals surface area contributed by atoms with Crippen LogP contribution in [-0.2, 0) is 21.1 Å². The maximum atomic E-state index is 6.65. The van der Waals surface area contributed by atoms with E-state index in [1.807, 2.05) is 0 Å². The third-order valence-corrected chi connectivity index (χ3v) is 13.0. The fourth-order valence-corrected chi connectivity index (χ4v) is 9.51.